The summed E-state index contributed by atoms with van der Waals surface area (Å²) in [5, 5.41) is 6.17. The summed E-state index contributed by atoms with van der Waals surface area (Å²) in [6.07, 6.45) is 0.301. The van der Waals surface area contributed by atoms with Crippen LogP contribution >= 0.6 is 11.3 Å². The monoisotopic (exact) mass is 325 g/mol. The largest absolute Gasteiger partial charge is 0.338 e. The lowest BCUT2D eigenvalue weighted by Crippen LogP contribution is -2.36. The van der Waals surface area contributed by atoms with E-state index in [2.05, 4.69) is 15.6 Å². The van der Waals surface area contributed by atoms with Crippen molar-refractivity contribution in [3.05, 3.63) is 51.0 Å². The van der Waals surface area contributed by atoms with E-state index < -0.39 is 11.6 Å². The molecule has 0 unspecified atom stereocenters. The van der Waals surface area contributed by atoms with E-state index in [9.17, 15) is 13.6 Å². The van der Waals surface area contributed by atoms with Crippen LogP contribution in [0.3, 0.4) is 0 Å². The summed E-state index contributed by atoms with van der Waals surface area (Å²) in [6, 6.07) is 3.08. The first kappa shape index (κ1) is 16.4. The number of aryl methyl sites for hydroxylation is 2. The van der Waals surface area contributed by atoms with E-state index in [1.807, 2.05) is 13.8 Å². The molecule has 1 aromatic heterocycles. The Morgan fingerprint density at radius 3 is 2.68 bits per heavy atom. The van der Waals surface area contributed by atoms with E-state index in [4.69, 9.17) is 0 Å². The minimum absolute atomic E-state index is 0.268. The fraction of sp³-hybridized carbons (Fsp3) is 0.333. The number of thiazole rings is 1. The van der Waals surface area contributed by atoms with E-state index >= 15 is 0 Å². The van der Waals surface area contributed by atoms with Gasteiger partial charge in [0, 0.05) is 17.5 Å². The van der Waals surface area contributed by atoms with Gasteiger partial charge in [-0.2, -0.15) is 0 Å². The molecule has 118 valence electrons. The molecule has 7 heteroatoms. The summed E-state index contributed by atoms with van der Waals surface area (Å²) in [7, 11) is 0. The van der Waals surface area contributed by atoms with Crippen molar-refractivity contribution in [3.8, 4) is 0 Å². The predicted molar refractivity (Wildman–Crippen MR) is 81.9 cm³/mol. The van der Waals surface area contributed by atoms with E-state index in [0.29, 0.717) is 18.5 Å². The van der Waals surface area contributed by atoms with Gasteiger partial charge in [-0.3, -0.25) is 0 Å². The van der Waals surface area contributed by atoms with Crippen molar-refractivity contribution in [3.63, 3.8) is 0 Å². The number of benzene rings is 1. The maximum Gasteiger partial charge on any atom is 0.315 e. The fourth-order valence-corrected chi connectivity index (χ4v) is 2.74. The van der Waals surface area contributed by atoms with Crippen LogP contribution in [-0.4, -0.2) is 17.6 Å². The quantitative estimate of drug-likeness (QED) is 0.887. The molecule has 0 radical (unpaired) electrons. The van der Waals surface area contributed by atoms with Crippen molar-refractivity contribution in [2.45, 2.75) is 26.8 Å². The molecule has 0 aliphatic heterocycles. The Morgan fingerprint density at radius 2 is 2.05 bits per heavy atom. The molecule has 0 saturated carbocycles. The summed E-state index contributed by atoms with van der Waals surface area (Å²) in [5.41, 5.74) is 1.34. The lowest BCUT2D eigenvalue weighted by Gasteiger charge is -2.07. The summed E-state index contributed by atoms with van der Waals surface area (Å²) in [4.78, 5) is 17.1. The summed E-state index contributed by atoms with van der Waals surface area (Å²) in [6.45, 7) is 4.53. The van der Waals surface area contributed by atoms with E-state index in [1.54, 1.807) is 11.3 Å². The third kappa shape index (κ3) is 4.49. The summed E-state index contributed by atoms with van der Waals surface area (Å²) >= 11 is 1.54. The molecule has 1 heterocycles. The fourth-order valence-electron chi connectivity index (χ4n) is 1.87. The van der Waals surface area contributed by atoms with Gasteiger partial charge in [0.25, 0.3) is 0 Å². The minimum atomic E-state index is -0.610. The van der Waals surface area contributed by atoms with Crippen LogP contribution in [0.25, 0.3) is 0 Å². The number of aromatic nitrogens is 1. The second-order valence-corrected chi connectivity index (χ2v) is 6.13. The molecule has 0 fully saturated rings. The van der Waals surface area contributed by atoms with Crippen molar-refractivity contribution in [1.82, 2.24) is 15.6 Å². The van der Waals surface area contributed by atoms with Crippen LogP contribution in [0.1, 0.15) is 21.1 Å². The standard InChI is InChI=1S/C15H17F2N3OS/c1-9-10(2)22-14(20-9)8-19-15(21)18-6-5-11-3-4-12(16)7-13(11)17/h3-4,7H,5-6,8H2,1-2H3,(H2,18,19,21). The molecule has 0 saturated heterocycles. The van der Waals surface area contributed by atoms with Gasteiger partial charge >= 0.3 is 6.03 Å². The Balaban J connectivity index is 1.73. The molecule has 1 aromatic carbocycles. The molecule has 2 rings (SSSR count). The molecule has 0 aliphatic carbocycles. The first-order valence-electron chi connectivity index (χ1n) is 6.84. The zero-order chi connectivity index (χ0) is 16.1. The van der Waals surface area contributed by atoms with Crippen molar-refractivity contribution >= 4 is 17.4 Å². The second kappa shape index (κ2) is 7.31. The molecule has 0 atom stereocenters. The second-order valence-electron chi connectivity index (χ2n) is 4.84. The lowest BCUT2D eigenvalue weighted by atomic mass is 10.1. The zero-order valence-electron chi connectivity index (χ0n) is 12.4. The first-order valence-corrected chi connectivity index (χ1v) is 7.66. The Hall–Kier alpha value is -2.02. The van der Waals surface area contributed by atoms with Gasteiger partial charge in [0.2, 0.25) is 0 Å². The smallest absolute Gasteiger partial charge is 0.315 e. The highest BCUT2D eigenvalue weighted by molar-refractivity contribution is 7.11. The Kier molecular flexibility index (Phi) is 5.43. The summed E-state index contributed by atoms with van der Waals surface area (Å²) in [5.74, 6) is -1.21. The molecule has 0 spiro atoms. The van der Waals surface area contributed by atoms with Crippen LogP contribution in [0.4, 0.5) is 13.6 Å². The van der Waals surface area contributed by atoms with Crippen molar-refractivity contribution in [1.29, 1.82) is 0 Å². The first-order chi connectivity index (χ1) is 10.5. The Morgan fingerprint density at radius 1 is 1.27 bits per heavy atom. The van der Waals surface area contributed by atoms with Gasteiger partial charge in [-0.15, -0.1) is 11.3 Å². The number of urea groups is 1. The Labute approximate surface area is 131 Å². The molecular formula is C15H17F2N3OS. The third-order valence-corrected chi connectivity index (χ3v) is 4.24. The van der Waals surface area contributed by atoms with Crippen LogP contribution in [0.2, 0.25) is 0 Å². The van der Waals surface area contributed by atoms with Crippen molar-refractivity contribution in [2.24, 2.45) is 0 Å². The number of rotatable bonds is 5. The van der Waals surface area contributed by atoms with Gasteiger partial charge in [-0.1, -0.05) is 6.07 Å². The van der Waals surface area contributed by atoms with Gasteiger partial charge in [0.15, 0.2) is 0 Å². The average molecular weight is 325 g/mol. The highest BCUT2D eigenvalue weighted by Crippen LogP contribution is 2.15. The number of hydrogen-bond acceptors (Lipinski definition) is 3. The molecule has 4 nitrogen and oxygen atoms in total. The van der Waals surface area contributed by atoms with Gasteiger partial charge in [0.1, 0.15) is 16.6 Å². The summed E-state index contributed by atoms with van der Waals surface area (Å²) < 4.78 is 26.2. The zero-order valence-corrected chi connectivity index (χ0v) is 13.2. The predicted octanol–water partition coefficient (Wildman–Crippen LogP) is 3.08. The normalized spacial score (nSPS) is 10.5. The lowest BCUT2D eigenvalue weighted by molar-refractivity contribution is 0.240. The number of halogens is 2. The number of amides is 2. The Bertz CT molecular complexity index is 653. The van der Waals surface area contributed by atoms with Crippen LogP contribution in [0.15, 0.2) is 18.2 Å². The molecular weight excluding hydrogens is 308 g/mol. The van der Waals surface area contributed by atoms with Gasteiger partial charge in [-0.05, 0) is 31.9 Å². The minimum Gasteiger partial charge on any atom is -0.338 e. The molecule has 0 bridgehead atoms. The van der Waals surface area contributed by atoms with Gasteiger partial charge in [-0.25, -0.2) is 18.6 Å². The van der Waals surface area contributed by atoms with Crippen molar-refractivity contribution < 1.29 is 13.6 Å². The average Bonchev–Trinajstić information content (AvgIpc) is 2.78. The SMILES string of the molecule is Cc1nc(CNC(=O)NCCc2ccc(F)cc2F)sc1C. The van der Waals surface area contributed by atoms with Crippen LogP contribution < -0.4 is 10.6 Å². The van der Waals surface area contributed by atoms with E-state index in [-0.39, 0.29) is 12.6 Å². The molecule has 0 aliphatic rings. The van der Waals surface area contributed by atoms with Crippen LogP contribution in [-0.2, 0) is 13.0 Å². The highest BCUT2D eigenvalue weighted by atomic mass is 32.1. The van der Waals surface area contributed by atoms with Crippen LogP contribution in [0.5, 0.6) is 0 Å². The maximum absolute atomic E-state index is 13.4. The number of carbonyl (C=O) groups is 1. The van der Waals surface area contributed by atoms with E-state index in [0.717, 1.165) is 21.6 Å². The van der Waals surface area contributed by atoms with Crippen molar-refractivity contribution in [2.75, 3.05) is 6.54 Å². The molecule has 2 aromatic rings. The van der Waals surface area contributed by atoms with Crippen LogP contribution in [0, 0.1) is 25.5 Å². The molecule has 22 heavy (non-hydrogen) atoms. The highest BCUT2D eigenvalue weighted by Gasteiger charge is 2.07. The van der Waals surface area contributed by atoms with E-state index in [1.165, 1.54) is 12.1 Å². The number of nitrogens with one attached hydrogen (secondary N) is 2. The maximum atomic E-state index is 13.4. The van der Waals surface area contributed by atoms with Gasteiger partial charge < -0.3 is 10.6 Å². The molecule has 2 amide bonds. The number of carbonyl (C=O) groups excluding carboxylic acids is 1. The topological polar surface area (TPSA) is 54.0 Å². The number of hydrogen-bond donors (Lipinski definition) is 2. The van der Waals surface area contributed by atoms with Gasteiger partial charge in [0.05, 0.1) is 12.2 Å². The third-order valence-electron chi connectivity index (χ3n) is 3.17. The number of nitrogens with zero attached hydrogens (tertiary/aromatic N) is 1. The molecule has 2 N–H and O–H groups in total.